The summed E-state index contributed by atoms with van der Waals surface area (Å²) in [6, 6.07) is 1.12. The van der Waals surface area contributed by atoms with Gasteiger partial charge in [-0.1, -0.05) is 0 Å². The molecular formula is C10H15NO6S2. The molecule has 0 aliphatic heterocycles. The maximum Gasteiger partial charge on any atom is 0.336 e. The highest BCUT2D eigenvalue weighted by atomic mass is 32.2. The zero-order chi connectivity index (χ0) is 14.5. The summed E-state index contributed by atoms with van der Waals surface area (Å²) in [4.78, 5) is 10.7. The van der Waals surface area contributed by atoms with Gasteiger partial charge in [-0.25, -0.2) is 17.9 Å². The predicted octanol–water partition coefficient (Wildman–Crippen LogP) is 0.386. The largest absolute Gasteiger partial charge is 0.478 e. The minimum atomic E-state index is -3.73. The van der Waals surface area contributed by atoms with Crippen LogP contribution in [0.15, 0.2) is 15.7 Å². The van der Waals surface area contributed by atoms with E-state index in [1.165, 1.54) is 19.6 Å². The van der Waals surface area contributed by atoms with Crippen LogP contribution in [0.3, 0.4) is 0 Å². The molecule has 19 heavy (non-hydrogen) atoms. The van der Waals surface area contributed by atoms with Gasteiger partial charge in [-0.3, -0.25) is 0 Å². The first-order chi connectivity index (χ1) is 8.90. The Morgan fingerprint density at radius 3 is 2.68 bits per heavy atom. The van der Waals surface area contributed by atoms with Crippen LogP contribution >= 0.6 is 11.3 Å². The van der Waals surface area contributed by atoms with Gasteiger partial charge >= 0.3 is 5.97 Å². The average molecular weight is 309 g/mol. The number of hydrogen-bond donors (Lipinski definition) is 2. The van der Waals surface area contributed by atoms with Gasteiger partial charge in [0.2, 0.25) is 10.0 Å². The van der Waals surface area contributed by atoms with Crippen LogP contribution < -0.4 is 4.72 Å². The van der Waals surface area contributed by atoms with Crippen LogP contribution in [0.4, 0.5) is 0 Å². The highest BCUT2D eigenvalue weighted by Crippen LogP contribution is 2.20. The number of carboxylic acids is 1. The molecule has 0 saturated heterocycles. The monoisotopic (exact) mass is 309 g/mol. The molecule has 108 valence electrons. The van der Waals surface area contributed by atoms with Gasteiger partial charge in [0.05, 0.1) is 18.3 Å². The summed E-state index contributed by atoms with van der Waals surface area (Å²) in [7, 11) is -0.792. The number of carbonyl (C=O) groups is 1. The van der Waals surface area contributed by atoms with Crippen molar-refractivity contribution in [2.75, 3.05) is 27.4 Å². The molecule has 1 aromatic heterocycles. The molecule has 1 aromatic rings. The van der Waals surface area contributed by atoms with Crippen molar-refractivity contribution in [2.45, 2.75) is 10.3 Å². The Morgan fingerprint density at radius 1 is 1.53 bits per heavy atom. The number of rotatable bonds is 8. The molecule has 0 aromatic carbocycles. The minimum absolute atomic E-state index is 0.0443. The normalized spacial score (nSPS) is 13.4. The summed E-state index contributed by atoms with van der Waals surface area (Å²) in [6.45, 7) is 0.302. The van der Waals surface area contributed by atoms with Gasteiger partial charge < -0.3 is 14.6 Å². The van der Waals surface area contributed by atoms with E-state index in [-0.39, 0.29) is 22.9 Å². The molecule has 0 amide bonds. The second-order valence-corrected chi connectivity index (χ2v) is 6.53. The summed E-state index contributed by atoms with van der Waals surface area (Å²) in [5, 5.41) is 10.0. The van der Waals surface area contributed by atoms with Crippen molar-refractivity contribution in [3.63, 3.8) is 0 Å². The maximum atomic E-state index is 11.9. The topological polar surface area (TPSA) is 102 Å². The predicted molar refractivity (Wildman–Crippen MR) is 69.1 cm³/mol. The molecular weight excluding hydrogens is 294 g/mol. The summed E-state index contributed by atoms with van der Waals surface area (Å²) >= 11 is 0.854. The second-order valence-electron chi connectivity index (χ2n) is 3.62. The number of ether oxygens (including phenoxy) is 2. The molecule has 1 atom stereocenters. The van der Waals surface area contributed by atoms with Crippen LogP contribution in [0.25, 0.3) is 0 Å². The first-order valence-corrected chi connectivity index (χ1v) is 7.60. The zero-order valence-electron chi connectivity index (χ0n) is 10.5. The van der Waals surface area contributed by atoms with Crippen LogP contribution in [0.1, 0.15) is 10.4 Å². The van der Waals surface area contributed by atoms with Crippen molar-refractivity contribution >= 4 is 27.3 Å². The van der Waals surface area contributed by atoms with Crippen molar-refractivity contribution in [2.24, 2.45) is 0 Å². The lowest BCUT2D eigenvalue weighted by Gasteiger charge is -2.14. The van der Waals surface area contributed by atoms with E-state index in [9.17, 15) is 13.2 Å². The average Bonchev–Trinajstić information content (AvgIpc) is 2.85. The number of thiophene rings is 1. The zero-order valence-corrected chi connectivity index (χ0v) is 12.1. The first kappa shape index (κ1) is 16.1. The molecule has 0 aliphatic carbocycles. The Labute approximate surface area is 115 Å². The fourth-order valence-electron chi connectivity index (χ4n) is 1.24. The smallest absolute Gasteiger partial charge is 0.336 e. The third kappa shape index (κ3) is 4.55. The Hall–Kier alpha value is -1.00. The number of nitrogens with one attached hydrogen (secondary N) is 1. The van der Waals surface area contributed by atoms with Crippen molar-refractivity contribution in [3.05, 3.63) is 17.0 Å². The number of methoxy groups -OCH3 is 2. The second kappa shape index (κ2) is 6.96. The van der Waals surface area contributed by atoms with E-state index in [0.29, 0.717) is 0 Å². The molecule has 0 bridgehead atoms. The van der Waals surface area contributed by atoms with E-state index in [1.54, 1.807) is 0 Å². The third-order valence-electron chi connectivity index (χ3n) is 2.27. The van der Waals surface area contributed by atoms with Crippen LogP contribution in [-0.2, 0) is 19.5 Å². The summed E-state index contributed by atoms with van der Waals surface area (Å²) in [6.07, 6.45) is -0.404. The Morgan fingerprint density at radius 2 is 2.21 bits per heavy atom. The van der Waals surface area contributed by atoms with Crippen molar-refractivity contribution < 1.29 is 27.8 Å². The lowest BCUT2D eigenvalue weighted by molar-refractivity contribution is 0.0320. The fraction of sp³-hybridized carbons (Fsp3) is 0.500. The van der Waals surface area contributed by atoms with Crippen LogP contribution in [0.2, 0.25) is 0 Å². The number of carboxylic acid groups (broad SMARTS) is 1. The quantitative estimate of drug-likeness (QED) is 0.720. The van der Waals surface area contributed by atoms with Crippen LogP contribution in [0, 0.1) is 0 Å². The fourth-order valence-corrected chi connectivity index (χ4v) is 3.50. The molecule has 1 rings (SSSR count). The van der Waals surface area contributed by atoms with E-state index in [0.717, 1.165) is 17.4 Å². The molecule has 2 N–H and O–H groups in total. The molecule has 1 heterocycles. The summed E-state index contributed by atoms with van der Waals surface area (Å²) in [5.74, 6) is -1.16. The molecule has 0 spiro atoms. The summed E-state index contributed by atoms with van der Waals surface area (Å²) in [5.41, 5.74) is -0.0504. The number of hydrogen-bond acceptors (Lipinski definition) is 6. The van der Waals surface area contributed by atoms with Gasteiger partial charge in [-0.05, 0) is 6.07 Å². The Bertz CT molecular complexity index is 524. The standard InChI is InChI=1S/C10H15NO6S2/c1-16-5-8(17-2)4-11-19(14,15)9-3-7(6-18-9)10(12)13/h3,6,8,11H,4-5H2,1-2H3,(H,12,13). The van der Waals surface area contributed by atoms with Gasteiger partial charge in [-0.2, -0.15) is 0 Å². The van der Waals surface area contributed by atoms with E-state index >= 15 is 0 Å². The number of sulfonamides is 1. The van der Waals surface area contributed by atoms with Gasteiger partial charge in [0, 0.05) is 26.1 Å². The van der Waals surface area contributed by atoms with Crippen molar-refractivity contribution in [1.82, 2.24) is 4.72 Å². The molecule has 1 unspecified atom stereocenters. The van der Waals surface area contributed by atoms with Crippen molar-refractivity contribution in [3.8, 4) is 0 Å². The number of aromatic carboxylic acids is 1. The summed E-state index contributed by atoms with van der Waals surface area (Å²) < 4.78 is 36.0. The third-order valence-corrected chi connectivity index (χ3v) is 5.14. The van der Waals surface area contributed by atoms with Gasteiger partial charge in [-0.15, -0.1) is 11.3 Å². The van der Waals surface area contributed by atoms with Crippen molar-refractivity contribution in [1.29, 1.82) is 0 Å². The van der Waals surface area contributed by atoms with E-state index in [4.69, 9.17) is 14.6 Å². The molecule has 9 heteroatoms. The Kier molecular flexibility index (Phi) is 5.88. The molecule has 0 fully saturated rings. The van der Waals surface area contributed by atoms with E-state index in [2.05, 4.69) is 4.72 Å². The lowest BCUT2D eigenvalue weighted by Crippen LogP contribution is -2.35. The van der Waals surface area contributed by atoms with Gasteiger partial charge in [0.25, 0.3) is 0 Å². The molecule has 0 radical (unpaired) electrons. The molecule has 0 aliphatic rings. The molecule has 0 saturated carbocycles. The van der Waals surface area contributed by atoms with Gasteiger partial charge in [0.1, 0.15) is 4.21 Å². The maximum absolute atomic E-state index is 11.9. The lowest BCUT2D eigenvalue weighted by atomic mass is 10.4. The van der Waals surface area contributed by atoms with Crippen LogP contribution in [-0.4, -0.2) is 53.0 Å². The van der Waals surface area contributed by atoms with Gasteiger partial charge in [0.15, 0.2) is 0 Å². The van der Waals surface area contributed by atoms with E-state index in [1.807, 2.05) is 0 Å². The highest BCUT2D eigenvalue weighted by molar-refractivity contribution is 7.91. The SMILES string of the molecule is COCC(CNS(=O)(=O)c1cc(C(=O)O)cs1)OC. The molecule has 7 nitrogen and oxygen atoms in total. The first-order valence-electron chi connectivity index (χ1n) is 5.24. The van der Waals surface area contributed by atoms with E-state index < -0.39 is 22.1 Å². The van der Waals surface area contributed by atoms with Crippen LogP contribution in [0.5, 0.6) is 0 Å². The minimum Gasteiger partial charge on any atom is -0.478 e. The highest BCUT2D eigenvalue weighted by Gasteiger charge is 2.20. The Balaban J connectivity index is 2.72.